The van der Waals surface area contributed by atoms with E-state index < -0.39 is 0 Å². The highest BCUT2D eigenvalue weighted by Gasteiger charge is 2.32. The molecule has 4 heteroatoms. The number of rotatable bonds is 1. The first-order chi connectivity index (χ1) is 6.34. The lowest BCUT2D eigenvalue weighted by atomic mass is 10.1. The van der Waals surface area contributed by atoms with Crippen LogP contribution in [-0.2, 0) is 13.0 Å². The number of hydrogen-bond donors (Lipinski definition) is 2. The smallest absolute Gasteiger partial charge is 0.148 e. The molecule has 0 bridgehead atoms. The van der Waals surface area contributed by atoms with Crippen molar-refractivity contribution in [3.8, 4) is 0 Å². The molecule has 0 atom stereocenters. The van der Waals surface area contributed by atoms with E-state index in [4.69, 9.17) is 5.73 Å². The molecule has 1 saturated carbocycles. The van der Waals surface area contributed by atoms with E-state index in [1.54, 1.807) is 0 Å². The molecule has 0 saturated heterocycles. The second kappa shape index (κ2) is 2.48. The molecule has 70 valence electrons. The van der Waals surface area contributed by atoms with Gasteiger partial charge in [0.2, 0.25) is 0 Å². The Morgan fingerprint density at radius 2 is 2.31 bits per heavy atom. The predicted octanol–water partition coefficient (Wildman–Crippen LogP) is 0.512. The topological polar surface area (TPSA) is 57.9 Å². The van der Waals surface area contributed by atoms with Crippen LogP contribution in [0.1, 0.15) is 24.1 Å². The predicted molar refractivity (Wildman–Crippen MR) is 50.1 cm³/mol. The molecule has 1 fully saturated rings. The maximum Gasteiger partial charge on any atom is 0.148 e. The number of nitrogen functional groups attached to an aromatic ring is 1. The Kier molecular flexibility index (Phi) is 1.41. The summed E-state index contributed by atoms with van der Waals surface area (Å²) in [5.74, 6) is 0.699. The Balaban J connectivity index is 1.86. The van der Waals surface area contributed by atoms with Gasteiger partial charge < -0.3 is 5.73 Å². The van der Waals surface area contributed by atoms with Crippen molar-refractivity contribution in [3.63, 3.8) is 0 Å². The summed E-state index contributed by atoms with van der Waals surface area (Å²) < 4.78 is 0. The first-order valence-corrected chi connectivity index (χ1v) is 4.90. The Morgan fingerprint density at radius 1 is 1.46 bits per heavy atom. The maximum atomic E-state index is 5.74. The van der Waals surface area contributed by atoms with Crippen molar-refractivity contribution in [2.45, 2.75) is 31.8 Å². The SMILES string of the molecule is Nc1n[nH]c2c1CCN(C1CC1)C2. The van der Waals surface area contributed by atoms with Gasteiger partial charge in [0.05, 0.1) is 5.69 Å². The lowest BCUT2D eigenvalue weighted by Gasteiger charge is -2.25. The van der Waals surface area contributed by atoms with Crippen LogP contribution in [0.5, 0.6) is 0 Å². The summed E-state index contributed by atoms with van der Waals surface area (Å²) in [4.78, 5) is 2.53. The van der Waals surface area contributed by atoms with Crippen LogP contribution in [0.25, 0.3) is 0 Å². The lowest BCUT2D eigenvalue weighted by Crippen LogP contribution is -2.32. The fourth-order valence-electron chi connectivity index (χ4n) is 2.12. The van der Waals surface area contributed by atoms with Crippen molar-refractivity contribution in [3.05, 3.63) is 11.3 Å². The average molecular weight is 178 g/mol. The summed E-state index contributed by atoms with van der Waals surface area (Å²) in [6, 6.07) is 0.845. The van der Waals surface area contributed by atoms with Gasteiger partial charge >= 0.3 is 0 Å². The summed E-state index contributed by atoms with van der Waals surface area (Å²) in [5, 5.41) is 7.06. The van der Waals surface area contributed by atoms with Crippen LogP contribution in [0.2, 0.25) is 0 Å². The van der Waals surface area contributed by atoms with Crippen LogP contribution in [0.3, 0.4) is 0 Å². The third-order valence-electron chi connectivity index (χ3n) is 3.06. The van der Waals surface area contributed by atoms with Crippen LogP contribution in [-0.4, -0.2) is 27.7 Å². The third kappa shape index (κ3) is 1.13. The van der Waals surface area contributed by atoms with Gasteiger partial charge in [-0.25, -0.2) is 0 Å². The van der Waals surface area contributed by atoms with Gasteiger partial charge in [-0.15, -0.1) is 0 Å². The van der Waals surface area contributed by atoms with Gasteiger partial charge in [-0.2, -0.15) is 5.10 Å². The maximum absolute atomic E-state index is 5.74. The van der Waals surface area contributed by atoms with Gasteiger partial charge in [-0.3, -0.25) is 10.00 Å². The highest BCUT2D eigenvalue weighted by Crippen LogP contribution is 2.31. The van der Waals surface area contributed by atoms with Crippen LogP contribution in [0, 0.1) is 0 Å². The van der Waals surface area contributed by atoms with Gasteiger partial charge in [0.1, 0.15) is 5.82 Å². The first-order valence-electron chi connectivity index (χ1n) is 4.90. The fourth-order valence-corrected chi connectivity index (χ4v) is 2.12. The number of nitrogens with one attached hydrogen (secondary N) is 1. The van der Waals surface area contributed by atoms with Crippen LogP contribution in [0.15, 0.2) is 0 Å². The normalized spacial score (nSPS) is 23.1. The van der Waals surface area contributed by atoms with E-state index in [0.29, 0.717) is 5.82 Å². The summed E-state index contributed by atoms with van der Waals surface area (Å²) in [6.45, 7) is 2.17. The fraction of sp³-hybridized carbons (Fsp3) is 0.667. The molecule has 3 rings (SSSR count). The monoisotopic (exact) mass is 178 g/mol. The zero-order valence-electron chi connectivity index (χ0n) is 7.58. The molecule has 1 aliphatic carbocycles. The molecule has 0 amide bonds. The number of anilines is 1. The zero-order chi connectivity index (χ0) is 8.84. The number of H-pyrrole nitrogens is 1. The number of nitrogens with two attached hydrogens (primary N) is 1. The van der Waals surface area contributed by atoms with Crippen molar-refractivity contribution in [1.82, 2.24) is 15.1 Å². The molecule has 0 radical (unpaired) electrons. The van der Waals surface area contributed by atoms with Gasteiger partial charge in [0.15, 0.2) is 0 Å². The average Bonchev–Trinajstić information content (AvgIpc) is 2.93. The van der Waals surface area contributed by atoms with E-state index in [-0.39, 0.29) is 0 Å². The van der Waals surface area contributed by atoms with Crippen LogP contribution >= 0.6 is 0 Å². The summed E-state index contributed by atoms with van der Waals surface area (Å²) >= 11 is 0. The van der Waals surface area contributed by atoms with Crippen molar-refractivity contribution in [2.24, 2.45) is 0 Å². The van der Waals surface area contributed by atoms with Crippen molar-refractivity contribution in [1.29, 1.82) is 0 Å². The van der Waals surface area contributed by atoms with Crippen molar-refractivity contribution < 1.29 is 0 Å². The second-order valence-electron chi connectivity index (χ2n) is 4.02. The highest BCUT2D eigenvalue weighted by molar-refractivity contribution is 5.43. The molecule has 0 aromatic carbocycles. The molecule has 1 aromatic heterocycles. The first kappa shape index (κ1) is 7.38. The second-order valence-corrected chi connectivity index (χ2v) is 4.02. The number of fused-ring (bicyclic) bond motifs is 1. The summed E-state index contributed by atoms with van der Waals surface area (Å²) in [7, 11) is 0. The van der Waals surface area contributed by atoms with Gasteiger partial charge in [0.25, 0.3) is 0 Å². The van der Waals surface area contributed by atoms with Crippen LogP contribution in [0.4, 0.5) is 5.82 Å². The highest BCUT2D eigenvalue weighted by atomic mass is 15.2. The van der Waals surface area contributed by atoms with E-state index in [1.807, 2.05) is 0 Å². The molecule has 1 aliphatic heterocycles. The molecule has 0 unspecified atom stereocenters. The minimum absolute atomic E-state index is 0.699. The van der Waals surface area contributed by atoms with Crippen molar-refractivity contribution >= 4 is 5.82 Å². The quantitative estimate of drug-likeness (QED) is 0.659. The van der Waals surface area contributed by atoms with E-state index in [1.165, 1.54) is 24.1 Å². The number of hydrogen-bond acceptors (Lipinski definition) is 3. The molecule has 2 heterocycles. The minimum atomic E-state index is 0.699. The minimum Gasteiger partial charge on any atom is -0.382 e. The molecule has 1 aromatic rings. The Bertz CT molecular complexity index is 326. The third-order valence-corrected chi connectivity index (χ3v) is 3.06. The zero-order valence-corrected chi connectivity index (χ0v) is 7.58. The molecule has 2 aliphatic rings. The van der Waals surface area contributed by atoms with Crippen LogP contribution < -0.4 is 5.73 Å². The molecule has 13 heavy (non-hydrogen) atoms. The summed E-state index contributed by atoms with van der Waals surface area (Å²) in [6.07, 6.45) is 3.81. The molecular formula is C9H14N4. The Morgan fingerprint density at radius 3 is 3.08 bits per heavy atom. The number of nitrogens with zero attached hydrogens (tertiary/aromatic N) is 2. The lowest BCUT2D eigenvalue weighted by molar-refractivity contribution is 0.241. The molecule has 0 spiro atoms. The van der Waals surface area contributed by atoms with E-state index >= 15 is 0 Å². The Hall–Kier alpha value is -1.03. The summed E-state index contributed by atoms with van der Waals surface area (Å²) in [5.41, 5.74) is 8.22. The number of aromatic nitrogens is 2. The van der Waals surface area contributed by atoms with E-state index in [0.717, 1.165) is 25.6 Å². The van der Waals surface area contributed by atoms with E-state index in [9.17, 15) is 0 Å². The number of aromatic amines is 1. The van der Waals surface area contributed by atoms with E-state index in [2.05, 4.69) is 15.1 Å². The standard InChI is InChI=1S/C9H14N4/c10-9-7-3-4-13(6-1-2-6)5-8(7)11-12-9/h6H,1-5H2,(H3,10,11,12). The van der Waals surface area contributed by atoms with Gasteiger partial charge in [0, 0.05) is 24.7 Å². The Labute approximate surface area is 77.1 Å². The largest absolute Gasteiger partial charge is 0.382 e. The molecular weight excluding hydrogens is 164 g/mol. The molecule has 4 nitrogen and oxygen atoms in total. The van der Waals surface area contributed by atoms with Crippen molar-refractivity contribution in [2.75, 3.05) is 12.3 Å². The van der Waals surface area contributed by atoms with Gasteiger partial charge in [-0.05, 0) is 19.3 Å². The molecule has 3 N–H and O–H groups in total. The van der Waals surface area contributed by atoms with Gasteiger partial charge in [-0.1, -0.05) is 0 Å².